The van der Waals surface area contributed by atoms with E-state index < -0.39 is 0 Å². The molecule has 0 atom stereocenters. The van der Waals surface area contributed by atoms with E-state index in [2.05, 4.69) is 43.7 Å². The molecule has 24 heavy (non-hydrogen) atoms. The second-order valence-corrected chi connectivity index (χ2v) is 7.34. The van der Waals surface area contributed by atoms with Gasteiger partial charge in [0.2, 0.25) is 5.91 Å². The summed E-state index contributed by atoms with van der Waals surface area (Å²) in [5, 5.41) is 7.28. The van der Waals surface area contributed by atoms with Crippen molar-refractivity contribution in [2.75, 3.05) is 19.6 Å². The first-order valence-electron chi connectivity index (χ1n) is 7.41. The van der Waals surface area contributed by atoms with E-state index in [-0.39, 0.29) is 30.7 Å². The fraction of sp³-hybridized carbons (Fsp3) is 0.375. The van der Waals surface area contributed by atoms with Crippen LogP contribution in [0.5, 0.6) is 0 Å². The number of aryl methyl sites for hydroxylation is 1. The predicted octanol–water partition coefficient (Wildman–Crippen LogP) is 3.87. The number of thiazole rings is 1. The second-order valence-electron chi connectivity index (χ2n) is 5.31. The van der Waals surface area contributed by atoms with Gasteiger partial charge in [0.25, 0.3) is 0 Å². The molecule has 1 aromatic heterocycles. The lowest BCUT2D eigenvalue weighted by Crippen LogP contribution is -2.29. The molecule has 132 valence electrons. The van der Waals surface area contributed by atoms with Gasteiger partial charge >= 0.3 is 0 Å². The summed E-state index contributed by atoms with van der Waals surface area (Å²) >= 11 is 5.12. The van der Waals surface area contributed by atoms with Gasteiger partial charge in [-0.25, -0.2) is 4.98 Å². The number of hydrogen-bond donors (Lipinski definition) is 2. The summed E-state index contributed by atoms with van der Waals surface area (Å²) in [4.78, 5) is 16.5. The molecule has 2 N–H and O–H groups in total. The average molecular weight is 453 g/mol. The minimum absolute atomic E-state index is 0. The smallest absolute Gasteiger partial charge is 0.220 e. The summed E-state index contributed by atoms with van der Waals surface area (Å²) in [6.45, 7) is 2.59. The van der Waals surface area contributed by atoms with Gasteiger partial charge in [0.05, 0.1) is 15.2 Å². The number of amides is 1. The number of halogens is 3. The van der Waals surface area contributed by atoms with E-state index in [1.165, 1.54) is 10.3 Å². The largest absolute Gasteiger partial charge is 0.352 e. The first-order valence-corrected chi connectivity index (χ1v) is 9.02. The van der Waals surface area contributed by atoms with Crippen molar-refractivity contribution in [3.05, 3.63) is 39.3 Å². The zero-order valence-electron chi connectivity index (χ0n) is 13.0. The maximum atomic E-state index is 11.9. The number of nitrogens with one attached hydrogen (secondary N) is 2. The molecule has 0 unspecified atom stereocenters. The summed E-state index contributed by atoms with van der Waals surface area (Å²) in [6, 6.07) is 6.09. The van der Waals surface area contributed by atoms with Gasteiger partial charge in [0.1, 0.15) is 0 Å². The summed E-state index contributed by atoms with van der Waals surface area (Å²) in [5.74, 6) is 0.0971. The number of fused-ring (bicyclic) bond motifs is 1. The Morgan fingerprint density at radius 1 is 1.38 bits per heavy atom. The molecule has 3 rings (SSSR count). The van der Waals surface area contributed by atoms with Gasteiger partial charge in [-0.15, -0.1) is 36.2 Å². The lowest BCUT2D eigenvalue weighted by molar-refractivity contribution is -0.120. The van der Waals surface area contributed by atoms with Crippen LogP contribution in [0.25, 0.3) is 10.2 Å². The molecule has 0 saturated carbocycles. The zero-order chi connectivity index (χ0) is 15.4. The monoisotopic (exact) mass is 451 g/mol. The minimum atomic E-state index is 0. The van der Waals surface area contributed by atoms with Crippen LogP contribution in [0.2, 0.25) is 0 Å². The number of hydrogen-bond acceptors (Lipinski definition) is 4. The summed E-state index contributed by atoms with van der Waals surface area (Å²) in [5.41, 5.74) is 2.31. The van der Waals surface area contributed by atoms with Gasteiger partial charge in [0.15, 0.2) is 0 Å². The van der Waals surface area contributed by atoms with Gasteiger partial charge in [-0.05, 0) is 31.2 Å². The van der Waals surface area contributed by atoms with Crippen molar-refractivity contribution in [3.8, 4) is 0 Å². The number of carbonyl (C=O) groups is 1. The van der Waals surface area contributed by atoms with Crippen molar-refractivity contribution in [2.45, 2.75) is 19.3 Å². The Labute approximate surface area is 166 Å². The van der Waals surface area contributed by atoms with Crippen LogP contribution >= 0.6 is 52.1 Å². The normalized spacial score (nSPS) is 13.6. The fourth-order valence-electron chi connectivity index (χ4n) is 2.41. The number of aromatic nitrogens is 1. The molecule has 1 amide bonds. The lowest BCUT2D eigenvalue weighted by Gasteiger charge is -2.14. The van der Waals surface area contributed by atoms with E-state index in [1.807, 2.05) is 12.1 Å². The maximum Gasteiger partial charge on any atom is 0.220 e. The molecule has 0 bridgehead atoms. The van der Waals surface area contributed by atoms with Crippen LogP contribution < -0.4 is 10.6 Å². The maximum absolute atomic E-state index is 11.9. The van der Waals surface area contributed by atoms with Crippen molar-refractivity contribution in [1.29, 1.82) is 0 Å². The average Bonchev–Trinajstić information content (AvgIpc) is 2.94. The first-order chi connectivity index (χ1) is 10.7. The van der Waals surface area contributed by atoms with E-state index in [0.717, 1.165) is 34.5 Å². The topological polar surface area (TPSA) is 54.0 Å². The van der Waals surface area contributed by atoms with E-state index in [9.17, 15) is 4.79 Å². The molecular formula is C16H20BrCl2N3OS. The van der Waals surface area contributed by atoms with Crippen molar-refractivity contribution >= 4 is 68.2 Å². The van der Waals surface area contributed by atoms with E-state index in [4.69, 9.17) is 0 Å². The first kappa shape index (κ1) is 21.4. The molecule has 8 heteroatoms. The Hall–Kier alpha value is -0.660. The van der Waals surface area contributed by atoms with Gasteiger partial charge in [-0.3, -0.25) is 4.79 Å². The fourth-order valence-corrected chi connectivity index (χ4v) is 3.70. The zero-order valence-corrected chi connectivity index (χ0v) is 17.0. The Bertz CT molecular complexity index is 720. The van der Waals surface area contributed by atoms with Crippen molar-refractivity contribution in [2.24, 2.45) is 0 Å². The van der Waals surface area contributed by atoms with Crippen LogP contribution in [0.15, 0.2) is 34.3 Å². The molecule has 0 spiro atoms. The number of carbonyl (C=O) groups excluding carboxylic acids is 1. The highest BCUT2D eigenvalue weighted by Gasteiger charge is 2.09. The van der Waals surface area contributed by atoms with Crippen molar-refractivity contribution in [3.63, 3.8) is 0 Å². The SMILES string of the molecule is Cl.Cl.O=C(CCc1nc2cc(Br)ccc2s1)NCC1=CCNCC1. The molecule has 0 aliphatic carbocycles. The second kappa shape index (κ2) is 10.4. The molecule has 4 nitrogen and oxygen atoms in total. The molecule has 2 aromatic rings. The Morgan fingerprint density at radius 3 is 2.96 bits per heavy atom. The van der Waals surface area contributed by atoms with Gasteiger partial charge in [0, 0.05) is 30.4 Å². The third kappa shape index (κ3) is 6.01. The molecular weight excluding hydrogens is 433 g/mol. The standard InChI is InChI=1S/C16H18BrN3OS.2ClH/c17-12-1-2-14-13(9-12)20-16(22-14)4-3-15(21)19-10-11-5-7-18-8-6-11;;/h1-2,5,9,18H,3-4,6-8,10H2,(H,19,21);2*1H. The van der Waals surface area contributed by atoms with E-state index in [1.54, 1.807) is 11.3 Å². The summed E-state index contributed by atoms with van der Waals surface area (Å²) in [7, 11) is 0. The highest BCUT2D eigenvalue weighted by atomic mass is 79.9. The highest BCUT2D eigenvalue weighted by Crippen LogP contribution is 2.25. The third-order valence-corrected chi connectivity index (χ3v) is 5.22. The predicted molar refractivity (Wildman–Crippen MR) is 109 cm³/mol. The van der Waals surface area contributed by atoms with Crippen molar-refractivity contribution < 1.29 is 4.79 Å². The van der Waals surface area contributed by atoms with Crippen LogP contribution in [0.3, 0.4) is 0 Å². The minimum Gasteiger partial charge on any atom is -0.352 e. The molecule has 2 heterocycles. The molecule has 1 aliphatic rings. The quantitative estimate of drug-likeness (QED) is 0.677. The van der Waals surface area contributed by atoms with E-state index >= 15 is 0 Å². The molecule has 1 aromatic carbocycles. The number of rotatable bonds is 5. The van der Waals surface area contributed by atoms with Crippen LogP contribution in [0, 0.1) is 0 Å². The van der Waals surface area contributed by atoms with E-state index in [0.29, 0.717) is 19.4 Å². The molecule has 0 fully saturated rings. The van der Waals surface area contributed by atoms with Crippen LogP contribution in [-0.2, 0) is 11.2 Å². The van der Waals surface area contributed by atoms with Crippen LogP contribution in [-0.4, -0.2) is 30.5 Å². The number of benzene rings is 1. The van der Waals surface area contributed by atoms with Gasteiger partial charge < -0.3 is 10.6 Å². The molecule has 0 saturated heterocycles. The number of nitrogens with zero attached hydrogens (tertiary/aromatic N) is 1. The summed E-state index contributed by atoms with van der Waals surface area (Å²) < 4.78 is 2.20. The lowest BCUT2D eigenvalue weighted by atomic mass is 10.1. The Balaban J connectivity index is 0.00000144. The summed E-state index contributed by atoms with van der Waals surface area (Å²) in [6.07, 6.45) is 4.37. The van der Waals surface area contributed by atoms with Gasteiger partial charge in [-0.2, -0.15) is 0 Å². The third-order valence-electron chi connectivity index (χ3n) is 3.63. The van der Waals surface area contributed by atoms with Crippen LogP contribution in [0.1, 0.15) is 17.8 Å². The Kier molecular flexibility index (Phi) is 9.23. The Morgan fingerprint density at radius 2 is 2.21 bits per heavy atom. The van der Waals surface area contributed by atoms with Gasteiger partial charge in [-0.1, -0.05) is 27.6 Å². The highest BCUT2D eigenvalue weighted by molar-refractivity contribution is 9.10. The van der Waals surface area contributed by atoms with Crippen LogP contribution in [0.4, 0.5) is 0 Å². The van der Waals surface area contributed by atoms with Crippen molar-refractivity contribution in [1.82, 2.24) is 15.6 Å². The molecule has 0 radical (unpaired) electrons. The molecule has 1 aliphatic heterocycles.